The number of hydrogen-bond donors (Lipinski definition) is 1. The van der Waals surface area contributed by atoms with Gasteiger partial charge >= 0.3 is 6.18 Å². The second kappa shape index (κ2) is 9.65. The number of nitrogens with zero attached hydrogens (tertiary/aromatic N) is 2. The third-order valence-corrected chi connectivity index (χ3v) is 5.75. The predicted molar refractivity (Wildman–Crippen MR) is 117 cm³/mol. The van der Waals surface area contributed by atoms with Gasteiger partial charge in [-0.15, -0.1) is 0 Å². The van der Waals surface area contributed by atoms with Crippen LogP contribution in [-0.4, -0.2) is 22.2 Å². The number of aromatic nitrogens is 2. The molecule has 2 atom stereocenters. The van der Waals surface area contributed by atoms with Crippen LogP contribution in [0.2, 0.25) is 5.15 Å². The number of ether oxygens (including phenoxy) is 1. The zero-order chi connectivity index (χ0) is 24.4. The van der Waals surface area contributed by atoms with Crippen LogP contribution in [0.15, 0.2) is 48.7 Å². The minimum absolute atomic E-state index is 0.00378. The van der Waals surface area contributed by atoms with Gasteiger partial charge < -0.3 is 9.84 Å². The van der Waals surface area contributed by atoms with Crippen LogP contribution in [0.3, 0.4) is 0 Å². The summed E-state index contributed by atoms with van der Waals surface area (Å²) in [6.45, 7) is 3.10. The van der Waals surface area contributed by atoms with Crippen molar-refractivity contribution in [3.63, 3.8) is 0 Å². The summed E-state index contributed by atoms with van der Waals surface area (Å²) in [6, 6.07) is 9.54. The van der Waals surface area contributed by atoms with Gasteiger partial charge in [0.05, 0.1) is 18.3 Å². The zero-order valence-corrected chi connectivity index (χ0v) is 19.0. The van der Waals surface area contributed by atoms with E-state index in [1.165, 1.54) is 6.92 Å². The number of rotatable bonds is 7. The van der Waals surface area contributed by atoms with Crippen LogP contribution < -0.4 is 4.74 Å². The highest BCUT2D eigenvalue weighted by atomic mass is 35.5. The van der Waals surface area contributed by atoms with Gasteiger partial charge in [-0.1, -0.05) is 36.7 Å². The van der Waals surface area contributed by atoms with Gasteiger partial charge in [0.25, 0.3) is 0 Å². The van der Waals surface area contributed by atoms with Crippen molar-refractivity contribution in [1.82, 2.24) is 9.97 Å². The van der Waals surface area contributed by atoms with E-state index in [0.29, 0.717) is 23.9 Å². The normalized spacial score (nSPS) is 14.6. The second-order valence-corrected chi connectivity index (χ2v) is 8.49. The summed E-state index contributed by atoms with van der Waals surface area (Å²) in [5.74, 6) is -0.288. The van der Waals surface area contributed by atoms with Gasteiger partial charge in [-0.25, -0.2) is 14.4 Å². The standard InChI is InChI=1S/C24H23ClF4N2O2/c1-14(12-23(2,32)19-9-6-16(11-20(19)26)24(27,28)29)18-13-30-21(31-22(18)25)10-15-4-7-17(33-3)8-5-15/h4-9,11,13-14,32H,10,12H2,1-3H3. The minimum Gasteiger partial charge on any atom is -0.497 e. The highest BCUT2D eigenvalue weighted by Crippen LogP contribution is 2.38. The number of hydrogen-bond acceptors (Lipinski definition) is 4. The van der Waals surface area contributed by atoms with E-state index in [-0.39, 0.29) is 17.1 Å². The lowest BCUT2D eigenvalue weighted by molar-refractivity contribution is -0.137. The van der Waals surface area contributed by atoms with Crippen LogP contribution in [0.25, 0.3) is 0 Å². The SMILES string of the molecule is COc1ccc(Cc2ncc(C(C)CC(C)(O)c3ccc(C(F)(F)F)cc3F)c(Cl)n2)cc1. The molecule has 176 valence electrons. The maximum Gasteiger partial charge on any atom is 0.416 e. The van der Waals surface area contributed by atoms with Crippen molar-refractivity contribution in [1.29, 1.82) is 0 Å². The fourth-order valence-electron chi connectivity index (χ4n) is 3.69. The molecule has 2 aromatic carbocycles. The molecule has 0 aliphatic heterocycles. The molecule has 1 N–H and O–H groups in total. The molecule has 0 amide bonds. The maximum atomic E-state index is 14.4. The molecule has 1 heterocycles. The highest BCUT2D eigenvalue weighted by molar-refractivity contribution is 6.30. The van der Waals surface area contributed by atoms with E-state index in [0.717, 1.165) is 23.4 Å². The second-order valence-electron chi connectivity index (χ2n) is 8.13. The molecule has 33 heavy (non-hydrogen) atoms. The summed E-state index contributed by atoms with van der Waals surface area (Å²) >= 11 is 6.36. The smallest absolute Gasteiger partial charge is 0.416 e. The third-order valence-electron chi connectivity index (χ3n) is 5.45. The number of benzene rings is 2. The fraction of sp³-hybridized carbons (Fsp3) is 0.333. The Morgan fingerprint density at radius 2 is 1.79 bits per heavy atom. The van der Waals surface area contributed by atoms with Gasteiger partial charge in [0, 0.05) is 23.7 Å². The number of methoxy groups -OCH3 is 1. The van der Waals surface area contributed by atoms with E-state index < -0.39 is 29.1 Å². The lowest BCUT2D eigenvalue weighted by Gasteiger charge is -2.28. The number of alkyl halides is 3. The first-order valence-electron chi connectivity index (χ1n) is 10.1. The summed E-state index contributed by atoms with van der Waals surface area (Å²) in [6.07, 6.45) is -2.67. The lowest BCUT2D eigenvalue weighted by atomic mass is 9.84. The van der Waals surface area contributed by atoms with Crippen molar-refractivity contribution in [2.75, 3.05) is 7.11 Å². The van der Waals surface area contributed by atoms with Gasteiger partial charge in [0.1, 0.15) is 22.5 Å². The highest BCUT2D eigenvalue weighted by Gasteiger charge is 2.35. The van der Waals surface area contributed by atoms with E-state index in [4.69, 9.17) is 16.3 Å². The van der Waals surface area contributed by atoms with Crippen molar-refractivity contribution in [2.24, 2.45) is 0 Å². The van der Waals surface area contributed by atoms with E-state index in [2.05, 4.69) is 9.97 Å². The minimum atomic E-state index is -4.67. The average molecular weight is 483 g/mol. The molecule has 3 aromatic rings. The first kappa shape index (κ1) is 24.9. The van der Waals surface area contributed by atoms with Crippen LogP contribution in [0, 0.1) is 5.82 Å². The molecular formula is C24H23ClF4N2O2. The van der Waals surface area contributed by atoms with E-state index in [9.17, 15) is 22.7 Å². The van der Waals surface area contributed by atoms with Gasteiger partial charge in [0.15, 0.2) is 0 Å². The molecule has 0 radical (unpaired) electrons. The summed E-state index contributed by atoms with van der Waals surface area (Å²) in [5.41, 5.74) is -1.57. The Kier molecular flexibility index (Phi) is 7.29. The molecule has 0 saturated heterocycles. The topological polar surface area (TPSA) is 55.2 Å². The average Bonchev–Trinajstić information content (AvgIpc) is 2.73. The van der Waals surface area contributed by atoms with Crippen LogP contribution in [-0.2, 0) is 18.2 Å². The molecule has 2 unspecified atom stereocenters. The van der Waals surface area contributed by atoms with Crippen LogP contribution >= 0.6 is 11.6 Å². The molecule has 1 aromatic heterocycles. The summed E-state index contributed by atoms with van der Waals surface area (Å²) in [7, 11) is 1.58. The molecule has 9 heteroatoms. The van der Waals surface area contributed by atoms with Crippen molar-refractivity contribution in [2.45, 2.75) is 44.4 Å². The Bertz CT molecular complexity index is 1120. The number of aliphatic hydroxyl groups is 1. The van der Waals surface area contributed by atoms with E-state index in [1.807, 2.05) is 24.3 Å². The van der Waals surface area contributed by atoms with Crippen molar-refractivity contribution in [3.8, 4) is 5.75 Å². The Morgan fingerprint density at radius 1 is 1.12 bits per heavy atom. The molecule has 0 aliphatic carbocycles. The summed E-state index contributed by atoms with van der Waals surface area (Å²) in [5, 5.41) is 11.1. The first-order chi connectivity index (χ1) is 15.4. The number of halogens is 5. The van der Waals surface area contributed by atoms with E-state index >= 15 is 0 Å². The van der Waals surface area contributed by atoms with Crippen LogP contribution in [0.4, 0.5) is 17.6 Å². The predicted octanol–water partition coefficient (Wildman–Crippen LogP) is 6.29. The van der Waals surface area contributed by atoms with Crippen molar-refractivity contribution in [3.05, 3.63) is 87.7 Å². The van der Waals surface area contributed by atoms with E-state index in [1.54, 1.807) is 20.2 Å². The lowest BCUT2D eigenvalue weighted by Crippen LogP contribution is -2.25. The quantitative estimate of drug-likeness (QED) is 0.317. The molecule has 0 aliphatic rings. The van der Waals surface area contributed by atoms with Crippen molar-refractivity contribution >= 4 is 11.6 Å². The van der Waals surface area contributed by atoms with Gasteiger partial charge in [0.2, 0.25) is 0 Å². The Labute approximate surface area is 194 Å². The Morgan fingerprint density at radius 3 is 2.33 bits per heavy atom. The molecule has 0 saturated carbocycles. The molecular weight excluding hydrogens is 460 g/mol. The zero-order valence-electron chi connectivity index (χ0n) is 18.3. The Balaban J connectivity index is 1.75. The molecule has 0 fully saturated rings. The third kappa shape index (κ3) is 6.00. The molecule has 0 spiro atoms. The van der Waals surface area contributed by atoms with Crippen molar-refractivity contribution < 1.29 is 27.4 Å². The summed E-state index contributed by atoms with van der Waals surface area (Å²) < 4.78 is 58.0. The van der Waals surface area contributed by atoms with Gasteiger partial charge in [-0.3, -0.25) is 0 Å². The van der Waals surface area contributed by atoms with Gasteiger partial charge in [-0.2, -0.15) is 13.2 Å². The largest absolute Gasteiger partial charge is 0.497 e. The van der Waals surface area contributed by atoms with Crippen LogP contribution in [0.1, 0.15) is 54.3 Å². The fourth-order valence-corrected chi connectivity index (χ4v) is 4.02. The van der Waals surface area contributed by atoms with Crippen LogP contribution in [0.5, 0.6) is 5.75 Å². The Hall–Kier alpha value is -2.71. The monoisotopic (exact) mass is 482 g/mol. The molecule has 3 rings (SSSR count). The maximum absolute atomic E-state index is 14.4. The molecule has 0 bridgehead atoms. The van der Waals surface area contributed by atoms with Gasteiger partial charge in [-0.05, 0) is 49.1 Å². The molecule has 4 nitrogen and oxygen atoms in total. The first-order valence-corrected chi connectivity index (χ1v) is 10.5. The summed E-state index contributed by atoms with van der Waals surface area (Å²) in [4.78, 5) is 8.68.